The fourth-order valence-corrected chi connectivity index (χ4v) is 2.98. The topological polar surface area (TPSA) is 114 Å². The van der Waals surface area contributed by atoms with Crippen LogP contribution in [0.3, 0.4) is 0 Å². The predicted octanol–water partition coefficient (Wildman–Crippen LogP) is 0.907. The van der Waals surface area contributed by atoms with Crippen LogP contribution in [0.25, 0.3) is 0 Å². The Bertz CT molecular complexity index is 494. The molecular weight excluding hydrogens is 286 g/mol. The highest BCUT2D eigenvalue weighted by molar-refractivity contribution is 7.09. The molecule has 1 aromatic rings. The van der Waals surface area contributed by atoms with Crippen LogP contribution in [0, 0.1) is 0 Å². The van der Waals surface area contributed by atoms with Gasteiger partial charge in [0, 0.05) is 24.7 Å². The van der Waals surface area contributed by atoms with Gasteiger partial charge in [-0.3, -0.25) is 4.90 Å². The highest BCUT2D eigenvalue weighted by Gasteiger charge is 2.41. The third-order valence-corrected chi connectivity index (χ3v) is 4.18. The van der Waals surface area contributed by atoms with E-state index < -0.39 is 30.4 Å². The van der Waals surface area contributed by atoms with E-state index in [0.717, 1.165) is 9.80 Å². The monoisotopic (exact) mass is 301 g/mol. The second kappa shape index (κ2) is 5.63. The number of thiazole rings is 1. The fourth-order valence-electron chi connectivity index (χ4n) is 2.30. The average molecular weight is 301 g/mol. The Morgan fingerprint density at radius 1 is 1.35 bits per heavy atom. The van der Waals surface area contributed by atoms with Gasteiger partial charge >= 0.3 is 12.2 Å². The van der Waals surface area contributed by atoms with Crippen LogP contribution in [-0.4, -0.2) is 67.5 Å². The molecule has 1 aromatic heterocycles. The van der Waals surface area contributed by atoms with E-state index in [9.17, 15) is 19.8 Å². The first-order valence-corrected chi connectivity index (χ1v) is 6.86. The Morgan fingerprint density at radius 2 is 2.00 bits per heavy atom. The summed E-state index contributed by atoms with van der Waals surface area (Å²) in [7, 11) is 0. The first kappa shape index (κ1) is 14.5. The molecule has 0 aromatic carbocycles. The summed E-state index contributed by atoms with van der Waals surface area (Å²) in [6.45, 7) is 1.58. The Labute approximate surface area is 118 Å². The van der Waals surface area contributed by atoms with Crippen molar-refractivity contribution in [2.24, 2.45) is 0 Å². The normalized spacial score (nSPS) is 24.5. The molecule has 20 heavy (non-hydrogen) atoms. The second-order valence-corrected chi connectivity index (χ2v) is 5.53. The van der Waals surface area contributed by atoms with Gasteiger partial charge in [0.25, 0.3) is 0 Å². The summed E-state index contributed by atoms with van der Waals surface area (Å²) in [6.07, 6.45) is -1.93. The molecule has 1 unspecified atom stereocenters. The molecule has 1 aliphatic rings. The van der Waals surface area contributed by atoms with Crippen molar-refractivity contribution >= 4 is 23.5 Å². The molecule has 0 saturated carbocycles. The molecule has 2 heterocycles. The molecule has 3 N–H and O–H groups in total. The minimum Gasteiger partial charge on any atom is -0.465 e. The van der Waals surface area contributed by atoms with E-state index in [0.29, 0.717) is 5.01 Å². The lowest BCUT2D eigenvalue weighted by atomic mass is 10.0. The quantitative estimate of drug-likeness (QED) is 0.748. The van der Waals surface area contributed by atoms with Gasteiger partial charge in [0.2, 0.25) is 0 Å². The summed E-state index contributed by atoms with van der Waals surface area (Å²) in [5.74, 6) is 0. The molecule has 1 saturated heterocycles. The third-order valence-electron chi connectivity index (χ3n) is 3.34. The minimum absolute atomic E-state index is 0.0226. The van der Waals surface area contributed by atoms with Crippen molar-refractivity contribution in [2.45, 2.75) is 25.1 Å². The van der Waals surface area contributed by atoms with Crippen molar-refractivity contribution < 1.29 is 24.9 Å². The number of amides is 2. The Kier molecular flexibility index (Phi) is 4.09. The molecule has 1 fully saturated rings. The van der Waals surface area contributed by atoms with Crippen LogP contribution in [0.2, 0.25) is 0 Å². The van der Waals surface area contributed by atoms with Crippen molar-refractivity contribution in [3.05, 3.63) is 16.6 Å². The molecule has 9 heteroatoms. The van der Waals surface area contributed by atoms with Crippen LogP contribution in [-0.2, 0) is 0 Å². The average Bonchev–Trinajstić information content (AvgIpc) is 2.90. The van der Waals surface area contributed by atoms with Crippen molar-refractivity contribution in [3.63, 3.8) is 0 Å². The number of carbonyl (C=O) groups is 2. The van der Waals surface area contributed by atoms with E-state index in [1.54, 1.807) is 12.3 Å². The summed E-state index contributed by atoms with van der Waals surface area (Å²) in [4.78, 5) is 28.6. The van der Waals surface area contributed by atoms with Crippen LogP contribution >= 0.6 is 11.3 Å². The number of hydrogen-bond donors (Lipinski definition) is 3. The molecule has 3 atom stereocenters. The molecular formula is C11H15N3O5S. The zero-order valence-corrected chi connectivity index (χ0v) is 11.5. The summed E-state index contributed by atoms with van der Waals surface area (Å²) < 4.78 is 0. The smallest absolute Gasteiger partial charge is 0.407 e. The Balaban J connectivity index is 2.25. The number of hydrogen-bond acceptors (Lipinski definition) is 5. The lowest BCUT2D eigenvalue weighted by Gasteiger charge is -2.43. The van der Waals surface area contributed by atoms with Crippen molar-refractivity contribution in [1.82, 2.24) is 14.8 Å². The van der Waals surface area contributed by atoms with Gasteiger partial charge in [-0.1, -0.05) is 0 Å². The number of nitrogens with zero attached hydrogens (tertiary/aromatic N) is 3. The standard InChI is InChI=1S/C11H15N3O5S/c1-6-4-14(11(18)19)7(5-13(6)10(16)17)8(15)9-12-2-3-20-9/h2-3,6-8,15H,4-5H2,1H3,(H,16,17)(H,18,19)/t6-,7-,8?/m1/s1. The van der Waals surface area contributed by atoms with Gasteiger partial charge in [-0.25, -0.2) is 14.6 Å². The predicted molar refractivity (Wildman–Crippen MR) is 69.8 cm³/mol. The molecule has 0 bridgehead atoms. The molecule has 0 spiro atoms. The highest BCUT2D eigenvalue weighted by Crippen LogP contribution is 2.27. The maximum Gasteiger partial charge on any atom is 0.407 e. The van der Waals surface area contributed by atoms with Crippen molar-refractivity contribution in [2.75, 3.05) is 13.1 Å². The van der Waals surface area contributed by atoms with Crippen LogP contribution in [0.1, 0.15) is 18.0 Å². The number of aliphatic hydroxyl groups is 1. The minimum atomic E-state index is -1.18. The van der Waals surface area contributed by atoms with E-state index in [4.69, 9.17) is 5.11 Å². The van der Waals surface area contributed by atoms with Crippen LogP contribution in [0.15, 0.2) is 11.6 Å². The van der Waals surface area contributed by atoms with Gasteiger partial charge in [-0.05, 0) is 6.92 Å². The maximum atomic E-state index is 11.3. The number of piperazine rings is 1. The summed E-state index contributed by atoms with van der Waals surface area (Å²) in [5.41, 5.74) is 0. The first-order chi connectivity index (χ1) is 9.41. The molecule has 0 aliphatic carbocycles. The fraction of sp³-hybridized carbons (Fsp3) is 0.545. The summed E-state index contributed by atoms with van der Waals surface area (Å²) in [6, 6.07) is -1.31. The lowest BCUT2D eigenvalue weighted by Crippen LogP contribution is -2.61. The summed E-state index contributed by atoms with van der Waals surface area (Å²) in [5, 5.41) is 30.7. The number of rotatable bonds is 2. The van der Waals surface area contributed by atoms with E-state index in [2.05, 4.69) is 4.98 Å². The Hall–Kier alpha value is -1.87. The van der Waals surface area contributed by atoms with Gasteiger partial charge in [-0.15, -0.1) is 11.3 Å². The van der Waals surface area contributed by atoms with Gasteiger partial charge in [0.1, 0.15) is 11.1 Å². The zero-order chi connectivity index (χ0) is 14.9. The van der Waals surface area contributed by atoms with E-state index in [1.807, 2.05) is 0 Å². The largest absolute Gasteiger partial charge is 0.465 e. The zero-order valence-electron chi connectivity index (χ0n) is 10.7. The lowest BCUT2D eigenvalue weighted by molar-refractivity contribution is -0.0142. The van der Waals surface area contributed by atoms with Gasteiger partial charge in [-0.2, -0.15) is 0 Å². The molecule has 2 rings (SSSR count). The third kappa shape index (κ3) is 2.68. The van der Waals surface area contributed by atoms with Gasteiger partial charge in [0.05, 0.1) is 12.1 Å². The van der Waals surface area contributed by atoms with E-state index in [1.165, 1.54) is 17.5 Å². The molecule has 2 amide bonds. The Morgan fingerprint density at radius 3 is 2.50 bits per heavy atom. The highest BCUT2D eigenvalue weighted by atomic mass is 32.1. The number of aliphatic hydroxyl groups excluding tert-OH is 1. The van der Waals surface area contributed by atoms with E-state index in [-0.39, 0.29) is 13.1 Å². The van der Waals surface area contributed by atoms with Gasteiger partial charge in [0.15, 0.2) is 0 Å². The van der Waals surface area contributed by atoms with Crippen LogP contribution < -0.4 is 0 Å². The van der Waals surface area contributed by atoms with Gasteiger partial charge < -0.3 is 20.2 Å². The van der Waals surface area contributed by atoms with Crippen LogP contribution in [0.5, 0.6) is 0 Å². The number of aromatic nitrogens is 1. The molecule has 8 nitrogen and oxygen atoms in total. The van der Waals surface area contributed by atoms with Crippen LogP contribution in [0.4, 0.5) is 9.59 Å². The SMILES string of the molecule is C[C@@H]1CN(C(=O)O)[C@@H](C(O)c2nccs2)CN1C(=O)O. The maximum absolute atomic E-state index is 11.3. The summed E-state index contributed by atoms with van der Waals surface area (Å²) >= 11 is 1.20. The van der Waals surface area contributed by atoms with E-state index >= 15 is 0 Å². The molecule has 110 valence electrons. The second-order valence-electron chi connectivity index (χ2n) is 4.60. The first-order valence-electron chi connectivity index (χ1n) is 5.98. The van der Waals surface area contributed by atoms with Crippen molar-refractivity contribution in [1.29, 1.82) is 0 Å². The number of carboxylic acid groups (broad SMARTS) is 2. The molecule has 0 radical (unpaired) electrons. The molecule has 1 aliphatic heterocycles. The van der Waals surface area contributed by atoms with Crippen molar-refractivity contribution in [3.8, 4) is 0 Å².